The summed E-state index contributed by atoms with van der Waals surface area (Å²) in [6, 6.07) is 0. The molecule has 0 saturated carbocycles. The van der Waals surface area contributed by atoms with Gasteiger partial charge < -0.3 is 0 Å². The van der Waals surface area contributed by atoms with Crippen LogP contribution in [0.5, 0.6) is 0 Å². The summed E-state index contributed by atoms with van der Waals surface area (Å²) in [6.45, 7) is 15.7. The van der Waals surface area contributed by atoms with Crippen molar-refractivity contribution >= 4 is 20.4 Å². The van der Waals surface area contributed by atoms with Crippen LogP contribution in [0, 0.1) is 0 Å². The number of rotatable bonds is 3. The van der Waals surface area contributed by atoms with Gasteiger partial charge in [-0.15, -0.1) is 0 Å². The Morgan fingerprint density at radius 2 is 1.69 bits per heavy atom. The summed E-state index contributed by atoms with van der Waals surface area (Å²) in [5.41, 5.74) is 1.50. The molecule has 16 heavy (non-hydrogen) atoms. The Labute approximate surface area is 106 Å². The van der Waals surface area contributed by atoms with Gasteiger partial charge in [0, 0.05) is 0 Å². The van der Waals surface area contributed by atoms with Gasteiger partial charge in [0.25, 0.3) is 20.4 Å². The van der Waals surface area contributed by atoms with Gasteiger partial charge in [-0.05, 0) is 0 Å². The zero-order valence-electron chi connectivity index (χ0n) is 9.09. The molecule has 6 radical (unpaired) electrons. The van der Waals surface area contributed by atoms with Crippen molar-refractivity contribution < 1.29 is 30.4 Å². The van der Waals surface area contributed by atoms with Crippen LogP contribution in [0.25, 0.3) is 0 Å². The molecule has 0 atom stereocenters. The van der Waals surface area contributed by atoms with Crippen LogP contribution in [0.1, 0.15) is 32.6 Å². The van der Waals surface area contributed by atoms with Crippen LogP contribution >= 0.6 is 0 Å². The first kappa shape index (κ1) is 20.4. The largest absolute Gasteiger partial charge is 0.281 e. The second-order valence-electron chi connectivity index (χ2n) is 2.64. The van der Waals surface area contributed by atoms with Gasteiger partial charge in [-0.3, -0.25) is 14.4 Å². The minimum atomic E-state index is 1.11. The average Bonchev–Trinajstić information content (AvgIpc) is 2.80. The molecule has 0 aromatic heterocycles. The van der Waals surface area contributed by atoms with Crippen LogP contribution in [0.2, 0.25) is 0 Å². The molecule has 0 aromatic rings. The summed E-state index contributed by atoms with van der Waals surface area (Å²) in [5.74, 6) is 0. The standard InChI is InChI=1S/C9H13.3CO.Mn/c1-2-3-6-9-7-4-5-8-9;3*1-2;/h4,7H,2-3,5-6H2,1H3;;;;. The van der Waals surface area contributed by atoms with Crippen LogP contribution < -0.4 is 0 Å². The number of allylic oxidation sites excluding steroid dienone is 4. The van der Waals surface area contributed by atoms with Crippen LogP contribution in [0.4, 0.5) is 0 Å². The maximum atomic E-state index is 7.50. The first-order chi connectivity index (χ1) is 7.84. The van der Waals surface area contributed by atoms with Crippen molar-refractivity contribution in [3.63, 3.8) is 0 Å². The Bertz CT molecular complexity index is 208. The average molecular weight is 260 g/mol. The van der Waals surface area contributed by atoms with Gasteiger partial charge in [-0.1, -0.05) is 0 Å². The molecular weight excluding hydrogens is 247 g/mol. The molecule has 0 saturated heterocycles. The zero-order chi connectivity index (χ0) is 13.4. The fraction of sp³-hybridized carbons (Fsp3) is 0.417. The maximum Gasteiger partial charge on any atom is 0.281 e. The van der Waals surface area contributed by atoms with Gasteiger partial charge in [-0.2, -0.15) is 0 Å². The van der Waals surface area contributed by atoms with E-state index in [0.29, 0.717) is 0 Å². The zero-order valence-corrected chi connectivity index (χ0v) is 10.3. The van der Waals surface area contributed by atoms with Gasteiger partial charge in [0.2, 0.25) is 0 Å². The molecule has 4 heteroatoms. The summed E-state index contributed by atoms with van der Waals surface area (Å²) in [7, 11) is 0. The molecule has 0 aromatic carbocycles. The molecule has 0 unspecified atom stereocenters. The molecule has 3 nitrogen and oxygen atoms in total. The monoisotopic (exact) mass is 260 g/mol. The Morgan fingerprint density at radius 3 is 2.00 bits per heavy atom. The molecular formula is C12H13MnO3. The first-order valence-electron chi connectivity index (χ1n) is 4.50. The number of hydrogen-bond acceptors (Lipinski definition) is 3. The molecule has 1 aliphatic rings. The third-order valence-corrected chi connectivity index (χ3v) is 2.38. The van der Waals surface area contributed by atoms with E-state index < -0.39 is 0 Å². The number of hydrogen-bond donors (Lipinski definition) is 0. The molecule has 1 rings (SSSR count). The number of carbonyl (C=O) groups excluding carboxylic acids is 3. The summed E-state index contributed by atoms with van der Waals surface area (Å²) < 4.78 is 1.39. The summed E-state index contributed by atoms with van der Waals surface area (Å²) >= 11 is 3.55. The van der Waals surface area contributed by atoms with Gasteiger partial charge in [0.15, 0.2) is 0 Å². The van der Waals surface area contributed by atoms with Crippen molar-refractivity contribution in [2.45, 2.75) is 32.6 Å². The van der Waals surface area contributed by atoms with Crippen LogP contribution in [-0.2, 0) is 30.4 Å². The first-order valence-corrected chi connectivity index (χ1v) is 5.09. The van der Waals surface area contributed by atoms with E-state index in [-0.39, 0.29) is 0 Å². The third-order valence-electron chi connectivity index (χ3n) is 1.76. The van der Waals surface area contributed by atoms with E-state index in [4.69, 9.17) is 14.4 Å². The Hall–Kier alpha value is -0.991. The van der Waals surface area contributed by atoms with Crippen molar-refractivity contribution in [3.8, 4) is 0 Å². The van der Waals surface area contributed by atoms with Crippen molar-refractivity contribution in [2.24, 2.45) is 0 Å². The Kier molecular flexibility index (Phi) is 25.0. The minimum absolute atomic E-state index is 1.11. The molecule has 0 amide bonds. The maximum absolute atomic E-state index is 7.50. The second kappa shape index (κ2) is 19.6. The smallest absolute Gasteiger partial charge is 0.281 e. The molecule has 0 heterocycles. The van der Waals surface area contributed by atoms with E-state index in [1.165, 1.54) is 29.3 Å². The van der Waals surface area contributed by atoms with Crippen molar-refractivity contribution in [3.05, 3.63) is 22.2 Å². The quantitative estimate of drug-likeness (QED) is 0.726. The van der Waals surface area contributed by atoms with E-state index in [1.54, 1.807) is 0 Å². The summed E-state index contributed by atoms with van der Waals surface area (Å²) in [6.07, 6.45) is 9.41. The second-order valence-corrected chi connectivity index (χ2v) is 3.35. The minimum Gasteiger partial charge on any atom is -0.281 e. The van der Waals surface area contributed by atoms with Crippen LogP contribution in [0.15, 0.2) is 22.2 Å². The third kappa shape index (κ3) is 11.1. The molecule has 86 valence electrons. The Balaban J connectivity index is -0.000000245. The normalized spacial score (nSPS) is 11.4. The molecule has 0 bridgehead atoms. The van der Waals surface area contributed by atoms with E-state index in [0.717, 1.165) is 6.42 Å². The van der Waals surface area contributed by atoms with Crippen molar-refractivity contribution in [1.82, 2.24) is 0 Å². The molecule has 0 spiro atoms. The van der Waals surface area contributed by atoms with Gasteiger partial charge in [-0.25, -0.2) is 0 Å². The molecule has 0 aliphatic heterocycles. The van der Waals surface area contributed by atoms with Gasteiger partial charge in [0.05, 0.1) is 0 Å². The van der Waals surface area contributed by atoms with Crippen molar-refractivity contribution in [2.75, 3.05) is 0 Å². The Morgan fingerprint density at radius 1 is 1.19 bits per heavy atom. The van der Waals surface area contributed by atoms with Crippen molar-refractivity contribution in [1.29, 1.82) is 0 Å². The summed E-state index contributed by atoms with van der Waals surface area (Å²) in [4.78, 5) is 22.5. The van der Waals surface area contributed by atoms with Crippen LogP contribution in [0.3, 0.4) is 0 Å². The molecule has 0 N–H and O–H groups in total. The number of unbranched alkanes of at least 4 members (excludes halogenated alkanes) is 1. The topological polar surface area (TPSA) is 51.2 Å². The predicted molar refractivity (Wildman–Crippen MR) is 57.4 cm³/mol. The SMILES string of the molecule is CCCCC1=[C]([Mn])CC=C1.[C]=O.[C]=O.[C]=O. The van der Waals surface area contributed by atoms with Gasteiger partial charge in [0.1, 0.15) is 0 Å². The summed E-state index contributed by atoms with van der Waals surface area (Å²) in [5, 5.41) is 0. The fourth-order valence-corrected chi connectivity index (χ4v) is 1.50. The fourth-order valence-electron chi connectivity index (χ4n) is 1.11. The van der Waals surface area contributed by atoms with E-state index in [9.17, 15) is 0 Å². The predicted octanol–water partition coefficient (Wildman–Crippen LogP) is 1.75. The van der Waals surface area contributed by atoms with E-state index in [2.05, 4.69) is 55.5 Å². The van der Waals surface area contributed by atoms with Crippen LogP contribution in [-0.4, -0.2) is 20.4 Å². The van der Waals surface area contributed by atoms with E-state index in [1.807, 2.05) is 0 Å². The van der Waals surface area contributed by atoms with Gasteiger partial charge >= 0.3 is 70.8 Å². The van der Waals surface area contributed by atoms with E-state index >= 15 is 0 Å². The molecule has 0 fully saturated rings. The molecule has 1 aliphatic carbocycles.